The van der Waals surface area contributed by atoms with Gasteiger partial charge in [-0.15, -0.1) is 5.10 Å². The van der Waals surface area contributed by atoms with Crippen molar-refractivity contribution >= 4 is 28.6 Å². The van der Waals surface area contributed by atoms with Crippen LogP contribution in [0.3, 0.4) is 0 Å². The third kappa shape index (κ3) is 2.53. The average molecular weight is 304 g/mol. The molecule has 4 rings (SSSR count). The molecule has 0 aliphatic heterocycles. The average Bonchev–Trinajstić information content (AvgIpc) is 2.96. The molecular weight excluding hydrogens is 292 g/mol. The van der Waals surface area contributed by atoms with Crippen molar-refractivity contribution in [1.82, 2.24) is 29.7 Å². The van der Waals surface area contributed by atoms with Gasteiger partial charge in [-0.3, -0.25) is 0 Å². The van der Waals surface area contributed by atoms with E-state index in [1.807, 2.05) is 30.3 Å². The van der Waals surface area contributed by atoms with Gasteiger partial charge in [0.15, 0.2) is 11.5 Å². The molecule has 0 unspecified atom stereocenters. The zero-order chi connectivity index (χ0) is 15.6. The molecule has 0 fully saturated rings. The SMILES string of the molecule is Nc1nc(Nc2cnc3ncccc3c2)nn1-c1ccccn1. The molecule has 0 saturated carbocycles. The molecule has 4 heterocycles. The number of nitrogens with zero attached hydrogens (tertiary/aromatic N) is 6. The van der Waals surface area contributed by atoms with Crippen LogP contribution in [0.5, 0.6) is 0 Å². The van der Waals surface area contributed by atoms with Crippen molar-refractivity contribution in [2.24, 2.45) is 0 Å². The Morgan fingerprint density at radius 3 is 2.78 bits per heavy atom. The summed E-state index contributed by atoms with van der Waals surface area (Å²) in [6.45, 7) is 0. The normalized spacial score (nSPS) is 10.8. The second-order valence-corrected chi connectivity index (χ2v) is 4.79. The molecule has 0 atom stereocenters. The molecule has 0 aromatic carbocycles. The highest BCUT2D eigenvalue weighted by Gasteiger charge is 2.10. The van der Waals surface area contributed by atoms with Gasteiger partial charge in [0.05, 0.1) is 11.9 Å². The van der Waals surface area contributed by atoms with Crippen molar-refractivity contribution in [2.75, 3.05) is 11.1 Å². The Kier molecular flexibility index (Phi) is 3.05. The molecule has 4 aromatic rings. The first kappa shape index (κ1) is 13.1. The van der Waals surface area contributed by atoms with Crippen LogP contribution in [0.15, 0.2) is 55.0 Å². The van der Waals surface area contributed by atoms with E-state index in [1.165, 1.54) is 4.68 Å². The first-order valence-electron chi connectivity index (χ1n) is 6.91. The summed E-state index contributed by atoms with van der Waals surface area (Å²) < 4.78 is 1.47. The van der Waals surface area contributed by atoms with Crippen molar-refractivity contribution in [3.8, 4) is 5.82 Å². The second kappa shape index (κ2) is 5.34. The molecule has 8 nitrogen and oxygen atoms in total. The Morgan fingerprint density at radius 1 is 1.00 bits per heavy atom. The molecule has 4 aromatic heterocycles. The Bertz CT molecular complexity index is 964. The van der Waals surface area contributed by atoms with Crippen LogP contribution in [0.1, 0.15) is 0 Å². The maximum absolute atomic E-state index is 5.90. The third-order valence-electron chi connectivity index (χ3n) is 3.21. The smallest absolute Gasteiger partial charge is 0.248 e. The number of pyridine rings is 3. The predicted octanol–water partition coefficient (Wildman–Crippen LogP) is 1.93. The minimum atomic E-state index is 0.251. The summed E-state index contributed by atoms with van der Waals surface area (Å²) in [7, 11) is 0. The largest absolute Gasteiger partial charge is 0.368 e. The third-order valence-corrected chi connectivity index (χ3v) is 3.21. The fourth-order valence-corrected chi connectivity index (χ4v) is 2.19. The van der Waals surface area contributed by atoms with Crippen molar-refractivity contribution < 1.29 is 0 Å². The number of nitrogen functional groups attached to an aromatic ring is 1. The van der Waals surface area contributed by atoms with Gasteiger partial charge in [-0.05, 0) is 30.3 Å². The van der Waals surface area contributed by atoms with E-state index in [4.69, 9.17) is 5.73 Å². The lowest BCUT2D eigenvalue weighted by Crippen LogP contribution is -2.04. The fraction of sp³-hybridized carbons (Fsp3) is 0. The van der Waals surface area contributed by atoms with E-state index in [2.05, 4.69) is 30.4 Å². The molecular formula is C15H12N8. The van der Waals surface area contributed by atoms with Crippen molar-refractivity contribution in [1.29, 1.82) is 0 Å². The van der Waals surface area contributed by atoms with Crippen molar-refractivity contribution in [2.45, 2.75) is 0 Å². The Morgan fingerprint density at radius 2 is 1.91 bits per heavy atom. The highest BCUT2D eigenvalue weighted by Crippen LogP contribution is 2.19. The van der Waals surface area contributed by atoms with Gasteiger partial charge in [-0.1, -0.05) is 6.07 Å². The Labute approximate surface area is 131 Å². The lowest BCUT2D eigenvalue weighted by Gasteiger charge is -2.02. The van der Waals surface area contributed by atoms with E-state index >= 15 is 0 Å². The fourth-order valence-electron chi connectivity index (χ4n) is 2.19. The van der Waals surface area contributed by atoms with Gasteiger partial charge in [-0.25, -0.2) is 15.0 Å². The monoisotopic (exact) mass is 304 g/mol. The van der Waals surface area contributed by atoms with Gasteiger partial charge in [0, 0.05) is 17.8 Å². The van der Waals surface area contributed by atoms with Crippen LogP contribution in [0.4, 0.5) is 17.6 Å². The summed E-state index contributed by atoms with van der Waals surface area (Å²) in [5.41, 5.74) is 7.34. The van der Waals surface area contributed by atoms with E-state index in [1.54, 1.807) is 24.7 Å². The first-order valence-corrected chi connectivity index (χ1v) is 6.91. The van der Waals surface area contributed by atoms with E-state index in [0.29, 0.717) is 17.4 Å². The number of anilines is 3. The number of aromatic nitrogens is 6. The lowest BCUT2D eigenvalue weighted by atomic mass is 10.3. The van der Waals surface area contributed by atoms with Crippen molar-refractivity contribution in [3.63, 3.8) is 0 Å². The summed E-state index contributed by atoms with van der Waals surface area (Å²) in [6, 6.07) is 11.2. The molecule has 23 heavy (non-hydrogen) atoms. The quantitative estimate of drug-likeness (QED) is 0.595. The Hall–Kier alpha value is -3.55. The number of nitrogens with two attached hydrogens (primary N) is 1. The molecule has 112 valence electrons. The van der Waals surface area contributed by atoms with Crippen molar-refractivity contribution in [3.05, 3.63) is 55.0 Å². The predicted molar refractivity (Wildman–Crippen MR) is 86.4 cm³/mol. The van der Waals surface area contributed by atoms with E-state index in [0.717, 1.165) is 11.1 Å². The molecule has 0 amide bonds. The number of fused-ring (bicyclic) bond motifs is 1. The zero-order valence-electron chi connectivity index (χ0n) is 12.0. The van der Waals surface area contributed by atoms with Gasteiger partial charge >= 0.3 is 0 Å². The second-order valence-electron chi connectivity index (χ2n) is 4.79. The first-order chi connectivity index (χ1) is 11.3. The van der Waals surface area contributed by atoms with Crippen LogP contribution in [0, 0.1) is 0 Å². The molecule has 0 aliphatic carbocycles. The summed E-state index contributed by atoms with van der Waals surface area (Å²) >= 11 is 0. The number of rotatable bonds is 3. The number of hydrogen-bond acceptors (Lipinski definition) is 7. The number of hydrogen-bond donors (Lipinski definition) is 2. The molecule has 0 spiro atoms. The highest BCUT2D eigenvalue weighted by molar-refractivity contribution is 5.78. The summed E-state index contributed by atoms with van der Waals surface area (Å²) in [5.74, 6) is 1.23. The topological polar surface area (TPSA) is 107 Å². The number of nitrogens with one attached hydrogen (secondary N) is 1. The van der Waals surface area contributed by atoms with Crippen LogP contribution in [0.25, 0.3) is 16.9 Å². The van der Waals surface area contributed by atoms with Gasteiger partial charge in [-0.2, -0.15) is 9.67 Å². The highest BCUT2D eigenvalue weighted by atomic mass is 15.4. The van der Waals surface area contributed by atoms with Crippen LogP contribution in [-0.2, 0) is 0 Å². The maximum atomic E-state index is 5.90. The van der Waals surface area contributed by atoms with Gasteiger partial charge < -0.3 is 11.1 Å². The van der Waals surface area contributed by atoms with Gasteiger partial charge in [0.25, 0.3) is 0 Å². The van der Waals surface area contributed by atoms with Crippen LogP contribution >= 0.6 is 0 Å². The lowest BCUT2D eigenvalue weighted by molar-refractivity contribution is 0.859. The molecule has 8 heteroatoms. The summed E-state index contributed by atoms with van der Waals surface area (Å²) in [5, 5.41) is 8.33. The molecule has 0 bridgehead atoms. The minimum Gasteiger partial charge on any atom is -0.368 e. The maximum Gasteiger partial charge on any atom is 0.248 e. The van der Waals surface area contributed by atoms with E-state index < -0.39 is 0 Å². The van der Waals surface area contributed by atoms with E-state index in [-0.39, 0.29) is 5.95 Å². The minimum absolute atomic E-state index is 0.251. The Balaban J connectivity index is 1.66. The molecule has 0 radical (unpaired) electrons. The van der Waals surface area contributed by atoms with Crippen LogP contribution in [-0.4, -0.2) is 29.7 Å². The summed E-state index contributed by atoms with van der Waals surface area (Å²) in [4.78, 5) is 16.9. The van der Waals surface area contributed by atoms with Gasteiger partial charge in [0.2, 0.25) is 11.9 Å². The standard InChI is InChI=1S/C15H12N8/c16-14-21-15(22-23(14)12-5-1-2-6-17-12)20-11-8-10-4-3-7-18-13(10)19-9-11/h1-9H,(H3,16,20,21,22). The zero-order valence-corrected chi connectivity index (χ0v) is 12.0. The van der Waals surface area contributed by atoms with E-state index in [9.17, 15) is 0 Å². The molecule has 0 aliphatic rings. The summed E-state index contributed by atoms with van der Waals surface area (Å²) in [6.07, 6.45) is 5.05. The molecule has 0 saturated heterocycles. The van der Waals surface area contributed by atoms with Crippen LogP contribution in [0.2, 0.25) is 0 Å². The molecule has 3 N–H and O–H groups in total. The van der Waals surface area contributed by atoms with Gasteiger partial charge in [0.1, 0.15) is 0 Å². The van der Waals surface area contributed by atoms with Crippen LogP contribution < -0.4 is 11.1 Å².